The highest BCUT2D eigenvalue weighted by Crippen LogP contribution is 2.04. The number of halogens is 1. The van der Waals surface area contributed by atoms with Gasteiger partial charge < -0.3 is 15.7 Å². The fourth-order valence-corrected chi connectivity index (χ4v) is 1.81. The summed E-state index contributed by atoms with van der Waals surface area (Å²) in [6, 6.07) is 4.59. The minimum absolute atomic E-state index is 0.0580. The highest BCUT2D eigenvalue weighted by molar-refractivity contribution is 5.88. The Balaban J connectivity index is 2.43. The summed E-state index contributed by atoms with van der Waals surface area (Å²) in [5, 5.41) is 13.7. The van der Waals surface area contributed by atoms with Crippen molar-refractivity contribution in [2.75, 3.05) is 6.54 Å². The van der Waals surface area contributed by atoms with Gasteiger partial charge in [0.2, 0.25) is 11.8 Å². The molecule has 0 radical (unpaired) electrons. The largest absolute Gasteiger partial charge is 0.480 e. The number of aliphatic carboxylic acids is 1. The first kappa shape index (κ1) is 17.6. The Hall–Kier alpha value is -2.44. The van der Waals surface area contributed by atoms with E-state index in [9.17, 15) is 18.8 Å². The van der Waals surface area contributed by atoms with Crippen molar-refractivity contribution in [2.24, 2.45) is 5.92 Å². The van der Waals surface area contributed by atoms with Gasteiger partial charge in [-0.25, -0.2) is 9.18 Å². The Labute approximate surface area is 127 Å². The molecule has 1 aromatic carbocycles. The summed E-state index contributed by atoms with van der Waals surface area (Å²) in [7, 11) is 0. The lowest BCUT2D eigenvalue weighted by Crippen LogP contribution is -2.48. The van der Waals surface area contributed by atoms with Gasteiger partial charge in [-0.2, -0.15) is 0 Å². The normalized spacial score (nSPS) is 11.8. The molecule has 0 saturated heterocycles. The second-order valence-electron chi connectivity index (χ2n) is 5.21. The van der Waals surface area contributed by atoms with Crippen molar-refractivity contribution in [3.63, 3.8) is 0 Å². The zero-order chi connectivity index (χ0) is 16.7. The summed E-state index contributed by atoms with van der Waals surface area (Å²) in [5.74, 6) is -2.88. The van der Waals surface area contributed by atoms with Crippen molar-refractivity contribution in [1.29, 1.82) is 0 Å². The van der Waals surface area contributed by atoms with Crippen molar-refractivity contribution < 1.29 is 23.9 Å². The predicted octanol–water partition coefficient (Wildman–Crippen LogP) is 0.710. The number of amides is 2. The molecular weight excluding hydrogens is 291 g/mol. The summed E-state index contributed by atoms with van der Waals surface area (Å²) >= 11 is 0. The molecule has 0 unspecified atom stereocenters. The third-order valence-electron chi connectivity index (χ3n) is 2.95. The van der Waals surface area contributed by atoms with Crippen LogP contribution in [0.25, 0.3) is 0 Å². The van der Waals surface area contributed by atoms with Crippen molar-refractivity contribution in [1.82, 2.24) is 10.6 Å². The Morgan fingerprint density at radius 2 is 1.91 bits per heavy atom. The van der Waals surface area contributed by atoms with Crippen LogP contribution < -0.4 is 10.6 Å². The summed E-state index contributed by atoms with van der Waals surface area (Å²) in [4.78, 5) is 34.2. The molecule has 1 atom stereocenters. The van der Waals surface area contributed by atoms with E-state index in [1.54, 1.807) is 19.9 Å². The van der Waals surface area contributed by atoms with Crippen LogP contribution in [0.2, 0.25) is 0 Å². The van der Waals surface area contributed by atoms with Gasteiger partial charge in [0.25, 0.3) is 0 Å². The number of carbonyl (C=O) groups excluding carboxylic acids is 2. The molecular formula is C15H19FN2O4. The molecule has 0 aliphatic carbocycles. The highest BCUT2D eigenvalue weighted by Gasteiger charge is 2.23. The third-order valence-corrected chi connectivity index (χ3v) is 2.95. The van der Waals surface area contributed by atoms with Crippen LogP contribution in [0.4, 0.5) is 4.39 Å². The lowest BCUT2D eigenvalue weighted by molar-refractivity contribution is -0.143. The second kappa shape index (κ2) is 8.11. The van der Waals surface area contributed by atoms with E-state index in [0.717, 1.165) is 0 Å². The van der Waals surface area contributed by atoms with Gasteiger partial charge >= 0.3 is 5.97 Å². The topological polar surface area (TPSA) is 95.5 Å². The maximum Gasteiger partial charge on any atom is 0.326 e. The fraction of sp³-hybridized carbons (Fsp3) is 0.400. The number of hydrogen-bond donors (Lipinski definition) is 3. The van der Waals surface area contributed by atoms with E-state index in [4.69, 9.17) is 5.11 Å². The van der Waals surface area contributed by atoms with E-state index in [1.165, 1.54) is 18.2 Å². The minimum atomic E-state index is -1.13. The van der Waals surface area contributed by atoms with Crippen molar-refractivity contribution >= 4 is 17.8 Å². The number of carbonyl (C=O) groups is 3. The van der Waals surface area contributed by atoms with E-state index >= 15 is 0 Å². The molecule has 0 bridgehead atoms. The number of hydrogen-bond acceptors (Lipinski definition) is 3. The number of carboxylic acids is 1. The Morgan fingerprint density at radius 3 is 2.45 bits per heavy atom. The van der Waals surface area contributed by atoms with Crippen LogP contribution >= 0.6 is 0 Å². The van der Waals surface area contributed by atoms with E-state index < -0.39 is 29.6 Å². The van der Waals surface area contributed by atoms with Crippen LogP contribution in [0, 0.1) is 11.7 Å². The lowest BCUT2D eigenvalue weighted by Gasteiger charge is -2.17. The van der Waals surface area contributed by atoms with Crippen LogP contribution in [-0.4, -0.2) is 35.5 Å². The second-order valence-corrected chi connectivity index (χ2v) is 5.21. The number of carboxylic acid groups (broad SMARTS) is 1. The zero-order valence-electron chi connectivity index (χ0n) is 12.4. The number of rotatable bonds is 7. The summed E-state index contributed by atoms with van der Waals surface area (Å²) in [5.41, 5.74) is 0.489. The van der Waals surface area contributed by atoms with Gasteiger partial charge in [-0.15, -0.1) is 0 Å². The maximum atomic E-state index is 13.0. The SMILES string of the molecule is CC(C)[C@@H](NC(=O)CNC(=O)Cc1cccc(F)c1)C(=O)O. The molecule has 0 saturated carbocycles. The predicted molar refractivity (Wildman–Crippen MR) is 77.5 cm³/mol. The van der Waals surface area contributed by atoms with Gasteiger partial charge in [0, 0.05) is 0 Å². The van der Waals surface area contributed by atoms with Gasteiger partial charge in [-0.3, -0.25) is 9.59 Å². The number of nitrogens with one attached hydrogen (secondary N) is 2. The van der Waals surface area contributed by atoms with Crippen LogP contribution in [0.1, 0.15) is 19.4 Å². The molecule has 22 heavy (non-hydrogen) atoms. The van der Waals surface area contributed by atoms with Crippen LogP contribution in [0.15, 0.2) is 24.3 Å². The molecule has 0 aliphatic heterocycles. The van der Waals surface area contributed by atoms with Gasteiger partial charge in [0.05, 0.1) is 13.0 Å². The third kappa shape index (κ3) is 5.90. The zero-order valence-corrected chi connectivity index (χ0v) is 12.4. The molecule has 1 aromatic rings. The molecule has 0 spiro atoms. The molecule has 120 valence electrons. The standard InChI is InChI=1S/C15H19FN2O4/c1-9(2)14(15(21)22)18-13(20)8-17-12(19)7-10-4-3-5-11(16)6-10/h3-6,9,14H,7-8H2,1-2H3,(H,17,19)(H,18,20)(H,21,22)/t14-/m1/s1. The van der Waals surface area contributed by atoms with Crippen molar-refractivity contribution in [3.8, 4) is 0 Å². The lowest BCUT2D eigenvalue weighted by atomic mass is 10.1. The van der Waals surface area contributed by atoms with E-state index in [2.05, 4.69) is 10.6 Å². The van der Waals surface area contributed by atoms with Gasteiger partial charge in [0.15, 0.2) is 0 Å². The van der Waals surface area contributed by atoms with E-state index in [0.29, 0.717) is 5.56 Å². The fourth-order valence-electron chi connectivity index (χ4n) is 1.81. The van der Waals surface area contributed by atoms with Gasteiger partial charge in [-0.1, -0.05) is 26.0 Å². The first-order valence-electron chi connectivity index (χ1n) is 6.83. The Morgan fingerprint density at radius 1 is 1.23 bits per heavy atom. The molecule has 0 aliphatic rings. The monoisotopic (exact) mass is 310 g/mol. The average molecular weight is 310 g/mol. The van der Waals surface area contributed by atoms with E-state index in [-0.39, 0.29) is 18.9 Å². The summed E-state index contributed by atoms with van der Waals surface area (Å²) in [6.07, 6.45) is -0.0580. The molecule has 0 aromatic heterocycles. The molecule has 3 N–H and O–H groups in total. The molecule has 6 nitrogen and oxygen atoms in total. The molecule has 1 rings (SSSR count). The number of benzene rings is 1. The van der Waals surface area contributed by atoms with Crippen LogP contribution in [0.3, 0.4) is 0 Å². The van der Waals surface area contributed by atoms with Crippen LogP contribution in [-0.2, 0) is 20.8 Å². The quantitative estimate of drug-likeness (QED) is 0.691. The van der Waals surface area contributed by atoms with Crippen LogP contribution in [0.5, 0.6) is 0 Å². The van der Waals surface area contributed by atoms with Gasteiger partial charge in [-0.05, 0) is 23.6 Å². The first-order chi connectivity index (χ1) is 10.3. The van der Waals surface area contributed by atoms with E-state index in [1.807, 2.05) is 0 Å². The average Bonchev–Trinajstić information content (AvgIpc) is 2.42. The summed E-state index contributed by atoms with van der Waals surface area (Å²) in [6.45, 7) is 3.01. The van der Waals surface area contributed by atoms with Gasteiger partial charge in [0.1, 0.15) is 11.9 Å². The van der Waals surface area contributed by atoms with Crippen molar-refractivity contribution in [2.45, 2.75) is 26.3 Å². The Kier molecular flexibility index (Phi) is 6.49. The smallest absolute Gasteiger partial charge is 0.326 e. The molecule has 0 fully saturated rings. The minimum Gasteiger partial charge on any atom is -0.480 e. The molecule has 2 amide bonds. The Bertz CT molecular complexity index is 560. The highest BCUT2D eigenvalue weighted by atomic mass is 19.1. The summed E-state index contributed by atoms with van der Waals surface area (Å²) < 4.78 is 13.0. The maximum absolute atomic E-state index is 13.0. The molecule has 7 heteroatoms. The first-order valence-corrected chi connectivity index (χ1v) is 6.83. The molecule has 0 heterocycles. The van der Waals surface area contributed by atoms with Crippen molar-refractivity contribution in [3.05, 3.63) is 35.6 Å².